The van der Waals surface area contributed by atoms with Gasteiger partial charge in [-0.05, 0) is 21.5 Å². The van der Waals surface area contributed by atoms with Crippen molar-refractivity contribution in [1.29, 1.82) is 0 Å². The molecule has 1 unspecified atom stereocenters. The Kier molecular flexibility index (Phi) is 3.21. The van der Waals surface area contributed by atoms with Crippen LogP contribution in [0.1, 0.15) is 5.56 Å². The number of nitrogens with two attached hydrogens (primary N) is 1. The Morgan fingerprint density at radius 2 is 1.64 bits per heavy atom. The molecule has 0 bridgehead atoms. The van der Waals surface area contributed by atoms with Crippen molar-refractivity contribution in [3.8, 4) is 0 Å². The first-order valence-corrected chi connectivity index (χ1v) is 4.72. The lowest BCUT2D eigenvalue weighted by atomic mass is 9.96. The summed E-state index contributed by atoms with van der Waals surface area (Å²) in [5.74, 6) is 0. The summed E-state index contributed by atoms with van der Waals surface area (Å²) in [5.41, 5.74) is 2.04. The van der Waals surface area contributed by atoms with Crippen molar-refractivity contribution < 1.29 is 13.2 Å². The van der Waals surface area contributed by atoms with E-state index >= 15 is 0 Å². The molecule has 78 valence electrons. The van der Waals surface area contributed by atoms with E-state index in [0.717, 1.165) is 0 Å². The van der Waals surface area contributed by atoms with Crippen LogP contribution in [0.25, 0.3) is 0 Å². The van der Waals surface area contributed by atoms with Gasteiger partial charge in [0, 0.05) is 6.54 Å². The molecule has 1 rings (SSSR count). The predicted octanol–water partition coefficient (Wildman–Crippen LogP) is 2.80. The van der Waals surface area contributed by atoms with Crippen LogP contribution in [0.3, 0.4) is 0 Å². The first kappa shape index (κ1) is 11.5. The summed E-state index contributed by atoms with van der Waals surface area (Å²) in [5, 5.41) is 0. The van der Waals surface area contributed by atoms with E-state index < -0.39 is 17.0 Å². The number of benzene rings is 1. The molecule has 0 fully saturated rings. The molecular weight excluding hydrogens is 259 g/mol. The number of hydrogen-bond acceptors (Lipinski definition) is 1. The molecule has 0 aliphatic rings. The van der Waals surface area contributed by atoms with Gasteiger partial charge in [-0.2, -0.15) is 8.78 Å². The van der Waals surface area contributed by atoms with Gasteiger partial charge in [-0.1, -0.05) is 30.3 Å². The van der Waals surface area contributed by atoms with Gasteiger partial charge in [0.05, 0.1) is 0 Å². The predicted molar refractivity (Wildman–Crippen MR) is 52.2 cm³/mol. The highest BCUT2D eigenvalue weighted by Gasteiger charge is 2.53. The third-order valence-corrected chi connectivity index (χ3v) is 2.59. The molecule has 2 N–H and O–H groups in total. The Morgan fingerprint density at radius 1 is 1.14 bits per heavy atom. The van der Waals surface area contributed by atoms with Gasteiger partial charge >= 0.3 is 4.83 Å². The van der Waals surface area contributed by atoms with Crippen LogP contribution in [-0.4, -0.2) is 11.4 Å². The van der Waals surface area contributed by atoms with Crippen molar-refractivity contribution in [2.45, 2.75) is 10.5 Å². The largest absolute Gasteiger partial charge is 0.340 e. The fourth-order valence-electron chi connectivity index (χ4n) is 1.10. The topological polar surface area (TPSA) is 26.0 Å². The lowest BCUT2D eigenvalue weighted by Gasteiger charge is -2.28. The molecule has 0 heterocycles. The average molecular weight is 268 g/mol. The minimum Gasteiger partial charge on any atom is -0.327 e. The molecule has 14 heavy (non-hydrogen) atoms. The van der Waals surface area contributed by atoms with Crippen molar-refractivity contribution in [2.24, 2.45) is 5.73 Å². The summed E-state index contributed by atoms with van der Waals surface area (Å²) in [6.45, 7) is -0.782. The van der Waals surface area contributed by atoms with E-state index in [4.69, 9.17) is 5.73 Å². The summed E-state index contributed by atoms with van der Waals surface area (Å²) >= 11 is 2.01. The molecule has 0 saturated carbocycles. The van der Waals surface area contributed by atoms with Crippen molar-refractivity contribution >= 4 is 15.9 Å². The maximum atomic E-state index is 13.8. The van der Waals surface area contributed by atoms with Crippen molar-refractivity contribution in [3.05, 3.63) is 35.9 Å². The molecule has 0 aromatic heterocycles. The Balaban J connectivity index is 3.15. The van der Waals surface area contributed by atoms with Crippen LogP contribution in [-0.2, 0) is 5.67 Å². The quantitative estimate of drug-likeness (QED) is 0.838. The maximum absolute atomic E-state index is 13.8. The van der Waals surface area contributed by atoms with E-state index in [9.17, 15) is 13.2 Å². The Hall–Kier alpha value is -0.550. The van der Waals surface area contributed by atoms with E-state index in [1.165, 1.54) is 24.3 Å². The van der Waals surface area contributed by atoms with E-state index in [2.05, 4.69) is 0 Å². The molecule has 1 nitrogen and oxygen atoms in total. The fourth-order valence-corrected chi connectivity index (χ4v) is 1.49. The minimum absolute atomic E-state index is 0.135. The highest BCUT2D eigenvalue weighted by Crippen LogP contribution is 2.44. The second-order valence-corrected chi connectivity index (χ2v) is 3.87. The van der Waals surface area contributed by atoms with Gasteiger partial charge < -0.3 is 5.73 Å². The Morgan fingerprint density at radius 3 is 2.00 bits per heavy atom. The zero-order valence-corrected chi connectivity index (χ0v) is 8.77. The normalized spacial score (nSPS) is 16.4. The van der Waals surface area contributed by atoms with Gasteiger partial charge in [0.15, 0.2) is 0 Å². The molecule has 5 heteroatoms. The maximum Gasteiger partial charge on any atom is 0.340 e. The Labute approximate surface area is 88.2 Å². The first-order valence-electron chi connectivity index (χ1n) is 3.93. The number of halogens is 4. The summed E-state index contributed by atoms with van der Waals surface area (Å²) in [6, 6.07) is 7.15. The van der Waals surface area contributed by atoms with Gasteiger partial charge in [0.2, 0.25) is 5.67 Å². The molecule has 1 atom stereocenters. The van der Waals surface area contributed by atoms with Gasteiger partial charge in [-0.25, -0.2) is 4.39 Å². The second-order valence-electron chi connectivity index (χ2n) is 2.87. The average Bonchev–Trinajstić information content (AvgIpc) is 2.16. The van der Waals surface area contributed by atoms with Crippen LogP contribution in [0.4, 0.5) is 13.2 Å². The Bertz CT molecular complexity index is 299. The van der Waals surface area contributed by atoms with Gasteiger partial charge in [0.25, 0.3) is 0 Å². The number of hydrogen-bond donors (Lipinski definition) is 1. The lowest BCUT2D eigenvalue weighted by molar-refractivity contribution is -0.0570. The molecule has 0 spiro atoms. The van der Waals surface area contributed by atoms with Crippen molar-refractivity contribution in [1.82, 2.24) is 0 Å². The highest BCUT2D eigenvalue weighted by atomic mass is 79.9. The molecule has 1 aromatic rings. The van der Waals surface area contributed by atoms with Crippen LogP contribution in [0.15, 0.2) is 30.3 Å². The SMILES string of the molecule is NCC(F)(c1ccccc1)C(F)(F)Br. The lowest BCUT2D eigenvalue weighted by Crippen LogP contribution is -2.43. The highest BCUT2D eigenvalue weighted by molar-refractivity contribution is 9.10. The molecular formula is C9H9BrF3N. The van der Waals surface area contributed by atoms with Crippen molar-refractivity contribution in [2.75, 3.05) is 6.54 Å². The molecule has 0 aliphatic carbocycles. The molecule has 1 aromatic carbocycles. The summed E-state index contributed by atoms with van der Waals surface area (Å²) in [4.78, 5) is -3.67. The number of alkyl halides is 4. The van der Waals surface area contributed by atoms with Crippen LogP contribution in [0.5, 0.6) is 0 Å². The summed E-state index contributed by atoms with van der Waals surface area (Å²) in [6.07, 6.45) is 0. The third kappa shape index (κ3) is 1.93. The van der Waals surface area contributed by atoms with Crippen molar-refractivity contribution in [3.63, 3.8) is 0 Å². The smallest absolute Gasteiger partial charge is 0.327 e. The van der Waals surface area contributed by atoms with E-state index in [1.54, 1.807) is 6.07 Å². The summed E-state index contributed by atoms with van der Waals surface area (Å²) in [7, 11) is 0. The second kappa shape index (κ2) is 3.90. The standard InChI is InChI=1S/C9H9BrF3N/c10-9(12,13)8(11,6-14)7-4-2-1-3-5-7/h1-5H,6,14H2. The van der Waals surface area contributed by atoms with E-state index in [1.807, 2.05) is 15.9 Å². The zero-order chi connectivity index (χ0) is 10.8. The minimum atomic E-state index is -3.67. The van der Waals surface area contributed by atoms with Gasteiger partial charge in [-0.3, -0.25) is 0 Å². The number of rotatable bonds is 3. The van der Waals surface area contributed by atoms with Gasteiger partial charge in [-0.15, -0.1) is 0 Å². The van der Waals surface area contributed by atoms with Gasteiger partial charge in [0.1, 0.15) is 0 Å². The van der Waals surface area contributed by atoms with Crippen LogP contribution in [0.2, 0.25) is 0 Å². The zero-order valence-electron chi connectivity index (χ0n) is 7.18. The summed E-state index contributed by atoms with van der Waals surface area (Å²) < 4.78 is 39.7. The molecule has 0 saturated heterocycles. The van der Waals surface area contributed by atoms with E-state index in [0.29, 0.717) is 0 Å². The third-order valence-electron chi connectivity index (χ3n) is 1.96. The first-order chi connectivity index (χ1) is 6.42. The fraction of sp³-hybridized carbons (Fsp3) is 0.333. The van der Waals surface area contributed by atoms with Crippen LogP contribution < -0.4 is 5.73 Å². The van der Waals surface area contributed by atoms with E-state index in [-0.39, 0.29) is 5.56 Å². The molecule has 0 aliphatic heterocycles. The molecule has 0 amide bonds. The van der Waals surface area contributed by atoms with Crippen LogP contribution >= 0.6 is 15.9 Å². The molecule has 0 radical (unpaired) electrons. The monoisotopic (exact) mass is 267 g/mol. The van der Waals surface area contributed by atoms with Crippen LogP contribution in [0, 0.1) is 0 Å².